The van der Waals surface area contributed by atoms with E-state index >= 15 is 0 Å². The third kappa shape index (κ3) is 2.86. The Morgan fingerprint density at radius 3 is 2.66 bits per heavy atom. The summed E-state index contributed by atoms with van der Waals surface area (Å²) >= 11 is 0. The lowest BCUT2D eigenvalue weighted by molar-refractivity contribution is 0.0351. The highest BCUT2D eigenvalue weighted by Crippen LogP contribution is 2.75. The summed E-state index contributed by atoms with van der Waals surface area (Å²) in [6.45, 7) is 6.36. The van der Waals surface area contributed by atoms with Crippen LogP contribution in [0.1, 0.15) is 50.7 Å². The summed E-state index contributed by atoms with van der Waals surface area (Å²) in [5.74, 6) is 2.72. The van der Waals surface area contributed by atoms with E-state index in [1.807, 2.05) is 4.90 Å². The van der Waals surface area contributed by atoms with Crippen LogP contribution in [0.4, 0.5) is 4.79 Å². The van der Waals surface area contributed by atoms with Gasteiger partial charge >= 0.3 is 6.03 Å². The maximum absolute atomic E-state index is 12.9. The molecule has 2 saturated carbocycles. The number of morpholine rings is 1. The van der Waals surface area contributed by atoms with Crippen molar-refractivity contribution in [3.05, 3.63) is 47.5 Å². The Morgan fingerprint density at radius 2 is 1.88 bits per heavy atom. The molecule has 5 atom stereocenters. The first kappa shape index (κ1) is 19.6. The molecule has 4 unspecified atom stereocenters. The van der Waals surface area contributed by atoms with E-state index in [0.29, 0.717) is 26.3 Å². The lowest BCUT2D eigenvalue weighted by atomic mass is 9.62. The molecular formula is C27H37N3O2. The van der Waals surface area contributed by atoms with E-state index in [4.69, 9.17) is 4.74 Å². The van der Waals surface area contributed by atoms with Crippen LogP contribution in [-0.2, 0) is 10.2 Å². The molecule has 5 nitrogen and oxygen atoms in total. The summed E-state index contributed by atoms with van der Waals surface area (Å²) < 4.78 is 5.42. The van der Waals surface area contributed by atoms with Crippen molar-refractivity contribution in [2.45, 2.75) is 43.6 Å². The van der Waals surface area contributed by atoms with Crippen LogP contribution >= 0.6 is 0 Å². The molecule has 1 aromatic rings. The van der Waals surface area contributed by atoms with Gasteiger partial charge in [-0.25, -0.2) is 4.79 Å². The number of carbonyl (C=O) groups is 1. The molecule has 2 aliphatic heterocycles. The third-order valence-electron chi connectivity index (χ3n) is 9.95. The number of amides is 2. The standard InChI is InChI=1S/C27H35N3O2.H2/c31-25(30-11-13-32-14-12-30)28-24-17-26(23-4-2-1-3-21(23)24)7-9-29(10-8-26)18-19-15-27-16-20(27)5-6-22(19)27;/h1-6,19-20,22,24H,7-18H2,(H,28,31);1H/t19?,20?,22?,24-,27?;/m0./s1. The fourth-order valence-corrected chi connectivity index (χ4v) is 8.07. The van der Waals surface area contributed by atoms with Gasteiger partial charge in [0.05, 0.1) is 19.3 Å². The zero-order valence-electron chi connectivity index (χ0n) is 19.0. The van der Waals surface area contributed by atoms with Gasteiger partial charge in [-0.2, -0.15) is 0 Å². The minimum atomic E-state index is 0. The van der Waals surface area contributed by atoms with Crippen molar-refractivity contribution >= 4 is 6.03 Å². The molecule has 0 bridgehead atoms. The number of carbonyl (C=O) groups excluding carboxylic acids is 1. The van der Waals surface area contributed by atoms with Crippen molar-refractivity contribution in [3.63, 3.8) is 0 Å². The summed E-state index contributed by atoms with van der Waals surface area (Å²) in [5, 5.41) is 3.38. The van der Waals surface area contributed by atoms with Crippen LogP contribution in [0.5, 0.6) is 0 Å². The first-order valence-electron chi connectivity index (χ1n) is 12.8. The molecule has 0 radical (unpaired) electrons. The Labute approximate surface area is 192 Å². The molecule has 6 aliphatic rings. The highest BCUT2D eigenvalue weighted by Gasteiger charge is 2.68. The maximum atomic E-state index is 12.9. The SMILES string of the molecule is O=C(N[C@H]1CC2(CCN(CC3CC45CC4C=CC35)CC2)c2ccccc21)N1CCOCC1.[HH]. The lowest BCUT2D eigenvalue weighted by Crippen LogP contribution is -2.49. The third-order valence-corrected chi connectivity index (χ3v) is 9.95. The van der Waals surface area contributed by atoms with Crippen molar-refractivity contribution in [1.82, 2.24) is 15.1 Å². The molecule has 2 heterocycles. The molecule has 4 fully saturated rings. The number of fused-ring (bicyclic) bond motifs is 2. The predicted molar refractivity (Wildman–Crippen MR) is 125 cm³/mol. The molecule has 7 rings (SSSR count). The summed E-state index contributed by atoms with van der Waals surface area (Å²) in [6, 6.07) is 9.10. The fourth-order valence-electron chi connectivity index (χ4n) is 8.07. The molecule has 0 aromatic heterocycles. The van der Waals surface area contributed by atoms with Crippen LogP contribution in [0.25, 0.3) is 0 Å². The molecule has 1 N–H and O–H groups in total. The van der Waals surface area contributed by atoms with E-state index in [-0.39, 0.29) is 18.9 Å². The number of urea groups is 1. The monoisotopic (exact) mass is 435 g/mol. The van der Waals surface area contributed by atoms with Gasteiger partial charge in [-0.15, -0.1) is 0 Å². The summed E-state index contributed by atoms with van der Waals surface area (Å²) in [7, 11) is 0. The Hall–Kier alpha value is -1.85. The lowest BCUT2D eigenvalue weighted by Gasteiger charge is -2.48. The number of benzene rings is 1. The van der Waals surface area contributed by atoms with Gasteiger partial charge in [0.25, 0.3) is 0 Å². The number of rotatable bonds is 3. The van der Waals surface area contributed by atoms with Crippen molar-refractivity contribution in [3.8, 4) is 0 Å². The molecule has 32 heavy (non-hydrogen) atoms. The number of piperidine rings is 1. The normalized spacial score (nSPS) is 38.7. The Kier molecular flexibility index (Phi) is 4.33. The second kappa shape index (κ2) is 7.07. The van der Waals surface area contributed by atoms with Crippen molar-refractivity contribution in [2.24, 2.45) is 23.2 Å². The van der Waals surface area contributed by atoms with E-state index in [0.717, 1.165) is 29.6 Å². The maximum Gasteiger partial charge on any atom is 0.318 e. The molecule has 5 heteroatoms. The van der Waals surface area contributed by atoms with Crippen LogP contribution in [0.15, 0.2) is 36.4 Å². The number of hydrogen-bond acceptors (Lipinski definition) is 3. The molecule has 2 spiro atoms. The van der Waals surface area contributed by atoms with E-state index in [1.54, 1.807) is 0 Å². The second-order valence-corrected chi connectivity index (χ2v) is 11.4. The van der Waals surface area contributed by atoms with Gasteiger partial charge in [0.2, 0.25) is 0 Å². The predicted octanol–water partition coefficient (Wildman–Crippen LogP) is 3.97. The van der Waals surface area contributed by atoms with Gasteiger partial charge in [0, 0.05) is 26.5 Å². The summed E-state index contributed by atoms with van der Waals surface area (Å²) in [5.41, 5.74) is 3.80. The number of nitrogens with zero attached hydrogens (tertiary/aromatic N) is 2. The second-order valence-electron chi connectivity index (χ2n) is 11.4. The highest BCUT2D eigenvalue weighted by molar-refractivity contribution is 5.75. The quantitative estimate of drug-likeness (QED) is 0.731. The van der Waals surface area contributed by atoms with Gasteiger partial charge in [0.15, 0.2) is 0 Å². The van der Waals surface area contributed by atoms with E-state index in [2.05, 4.69) is 46.6 Å². The van der Waals surface area contributed by atoms with Gasteiger partial charge in [-0.3, -0.25) is 0 Å². The zero-order valence-corrected chi connectivity index (χ0v) is 19.0. The molecule has 2 saturated heterocycles. The highest BCUT2D eigenvalue weighted by atomic mass is 16.5. The van der Waals surface area contributed by atoms with Crippen molar-refractivity contribution in [2.75, 3.05) is 45.9 Å². The van der Waals surface area contributed by atoms with Crippen LogP contribution < -0.4 is 5.32 Å². The first-order chi connectivity index (χ1) is 15.7. The number of allylic oxidation sites excluding steroid dienone is 2. The van der Waals surface area contributed by atoms with Gasteiger partial charge < -0.3 is 19.9 Å². The van der Waals surface area contributed by atoms with Crippen molar-refractivity contribution < 1.29 is 11.0 Å². The Morgan fingerprint density at radius 1 is 1.06 bits per heavy atom. The topological polar surface area (TPSA) is 44.8 Å². The first-order valence-corrected chi connectivity index (χ1v) is 12.8. The smallest absolute Gasteiger partial charge is 0.318 e. The minimum absolute atomic E-state index is 0. The Bertz CT molecular complexity index is 952. The van der Waals surface area contributed by atoms with E-state index in [1.165, 1.54) is 56.4 Å². The van der Waals surface area contributed by atoms with Crippen LogP contribution in [0.2, 0.25) is 0 Å². The number of ether oxygens (including phenoxy) is 1. The molecule has 4 aliphatic carbocycles. The molecule has 172 valence electrons. The fraction of sp³-hybridized carbons (Fsp3) is 0.667. The van der Waals surface area contributed by atoms with Crippen LogP contribution in [0, 0.1) is 23.2 Å². The van der Waals surface area contributed by atoms with Gasteiger partial charge in [-0.05, 0) is 79.5 Å². The van der Waals surface area contributed by atoms with E-state index < -0.39 is 0 Å². The summed E-state index contributed by atoms with van der Waals surface area (Å²) in [4.78, 5) is 17.6. The molecule has 2 amide bonds. The Balaban J connectivity index is 0.00000206. The average Bonchev–Trinajstić information content (AvgIpc) is 3.39. The number of hydrogen-bond donors (Lipinski definition) is 1. The largest absolute Gasteiger partial charge is 0.378 e. The van der Waals surface area contributed by atoms with Gasteiger partial charge in [0.1, 0.15) is 0 Å². The zero-order chi connectivity index (χ0) is 21.3. The molecular weight excluding hydrogens is 398 g/mol. The minimum Gasteiger partial charge on any atom is -0.378 e. The van der Waals surface area contributed by atoms with Gasteiger partial charge in [-0.1, -0.05) is 36.4 Å². The van der Waals surface area contributed by atoms with Crippen LogP contribution in [-0.4, -0.2) is 61.8 Å². The van der Waals surface area contributed by atoms with E-state index in [9.17, 15) is 4.79 Å². The van der Waals surface area contributed by atoms with Crippen molar-refractivity contribution in [1.29, 1.82) is 0 Å². The number of likely N-dealkylation sites (tertiary alicyclic amines) is 1. The summed E-state index contributed by atoms with van der Waals surface area (Å²) in [6.07, 6.45) is 11.5. The number of nitrogens with one attached hydrogen (secondary N) is 1. The van der Waals surface area contributed by atoms with Crippen LogP contribution in [0.3, 0.4) is 0 Å². The molecule has 1 aromatic carbocycles. The average molecular weight is 436 g/mol.